The quantitative estimate of drug-likeness (QED) is 0.866. The maximum absolute atomic E-state index is 12.5. The Balaban J connectivity index is 1.92. The fourth-order valence-electron chi connectivity index (χ4n) is 2.62. The van der Waals surface area contributed by atoms with Crippen molar-refractivity contribution in [2.75, 3.05) is 18.0 Å². The third-order valence-electron chi connectivity index (χ3n) is 4.07. The summed E-state index contributed by atoms with van der Waals surface area (Å²) in [5.74, 6) is 0.377. The SMILES string of the molecule is CC1CN(c2ccccc2S(=O)(=O)NC2CC2)CC1N. The second-order valence-electron chi connectivity index (χ2n) is 5.91. The maximum Gasteiger partial charge on any atom is 0.242 e. The van der Waals surface area contributed by atoms with Crippen LogP contribution in [0.3, 0.4) is 0 Å². The van der Waals surface area contributed by atoms with Crippen molar-refractivity contribution >= 4 is 15.7 Å². The maximum atomic E-state index is 12.5. The molecule has 0 amide bonds. The van der Waals surface area contributed by atoms with E-state index < -0.39 is 10.0 Å². The van der Waals surface area contributed by atoms with Crippen molar-refractivity contribution in [3.8, 4) is 0 Å². The Bertz CT molecular complexity index is 588. The number of anilines is 1. The van der Waals surface area contributed by atoms with Crippen molar-refractivity contribution in [3.63, 3.8) is 0 Å². The van der Waals surface area contributed by atoms with Crippen LogP contribution < -0.4 is 15.4 Å². The van der Waals surface area contributed by atoms with Gasteiger partial charge in [0.1, 0.15) is 4.90 Å². The zero-order chi connectivity index (χ0) is 14.3. The first-order chi connectivity index (χ1) is 9.47. The van der Waals surface area contributed by atoms with Gasteiger partial charge in [-0.05, 0) is 30.9 Å². The van der Waals surface area contributed by atoms with Gasteiger partial charge in [0, 0.05) is 25.2 Å². The van der Waals surface area contributed by atoms with E-state index in [2.05, 4.69) is 16.5 Å². The lowest BCUT2D eigenvalue weighted by Crippen LogP contribution is -2.31. The highest BCUT2D eigenvalue weighted by atomic mass is 32.2. The fraction of sp³-hybridized carbons (Fsp3) is 0.571. The zero-order valence-electron chi connectivity index (χ0n) is 11.6. The second kappa shape index (κ2) is 5.02. The van der Waals surface area contributed by atoms with E-state index in [0.29, 0.717) is 17.4 Å². The fourth-order valence-corrected chi connectivity index (χ4v) is 4.15. The molecule has 1 heterocycles. The molecule has 2 fully saturated rings. The molecular weight excluding hydrogens is 274 g/mol. The summed E-state index contributed by atoms with van der Waals surface area (Å²) in [7, 11) is -3.43. The number of nitrogens with two attached hydrogens (primary N) is 1. The number of nitrogens with zero attached hydrogens (tertiary/aromatic N) is 1. The highest BCUT2D eigenvalue weighted by molar-refractivity contribution is 7.89. The Morgan fingerprint density at radius 1 is 1.25 bits per heavy atom. The molecule has 5 nitrogen and oxygen atoms in total. The number of para-hydroxylation sites is 1. The van der Waals surface area contributed by atoms with E-state index in [-0.39, 0.29) is 12.1 Å². The number of sulfonamides is 1. The molecule has 1 aliphatic heterocycles. The standard InChI is InChI=1S/C14H21N3O2S/c1-10-8-17(9-12(10)15)13-4-2-3-5-14(13)20(18,19)16-11-6-7-11/h2-5,10-12,16H,6-9,15H2,1H3. The average molecular weight is 295 g/mol. The van der Waals surface area contributed by atoms with Gasteiger partial charge in [-0.3, -0.25) is 0 Å². The van der Waals surface area contributed by atoms with Crippen LogP contribution in [0.5, 0.6) is 0 Å². The van der Waals surface area contributed by atoms with Crippen LogP contribution in [0.15, 0.2) is 29.2 Å². The average Bonchev–Trinajstić information content (AvgIpc) is 3.14. The molecule has 1 aromatic carbocycles. The van der Waals surface area contributed by atoms with Gasteiger partial charge >= 0.3 is 0 Å². The summed E-state index contributed by atoms with van der Waals surface area (Å²) in [5, 5.41) is 0. The van der Waals surface area contributed by atoms with E-state index >= 15 is 0 Å². The summed E-state index contributed by atoms with van der Waals surface area (Å²) < 4.78 is 27.7. The van der Waals surface area contributed by atoms with E-state index in [1.165, 1.54) is 0 Å². The van der Waals surface area contributed by atoms with Gasteiger partial charge in [-0.2, -0.15) is 0 Å². The van der Waals surface area contributed by atoms with Gasteiger partial charge in [0.2, 0.25) is 10.0 Å². The largest absolute Gasteiger partial charge is 0.369 e. The van der Waals surface area contributed by atoms with E-state index in [9.17, 15) is 8.42 Å². The van der Waals surface area contributed by atoms with Gasteiger partial charge in [0.05, 0.1) is 5.69 Å². The highest BCUT2D eigenvalue weighted by Crippen LogP contribution is 2.31. The molecule has 1 aliphatic carbocycles. The number of hydrogen-bond donors (Lipinski definition) is 2. The molecule has 0 aromatic heterocycles. The van der Waals surface area contributed by atoms with Gasteiger partial charge < -0.3 is 10.6 Å². The molecule has 1 saturated heterocycles. The number of rotatable bonds is 4. The third kappa shape index (κ3) is 2.68. The van der Waals surface area contributed by atoms with E-state index in [1.807, 2.05) is 12.1 Å². The van der Waals surface area contributed by atoms with Crippen molar-refractivity contribution in [2.24, 2.45) is 11.7 Å². The van der Waals surface area contributed by atoms with Crippen LogP contribution in [0.2, 0.25) is 0 Å². The molecule has 3 N–H and O–H groups in total. The Hall–Kier alpha value is -1.11. The van der Waals surface area contributed by atoms with Crippen molar-refractivity contribution in [1.29, 1.82) is 0 Å². The summed E-state index contributed by atoms with van der Waals surface area (Å²) in [4.78, 5) is 2.45. The lowest BCUT2D eigenvalue weighted by molar-refractivity contribution is 0.565. The predicted molar refractivity (Wildman–Crippen MR) is 79.1 cm³/mol. The summed E-state index contributed by atoms with van der Waals surface area (Å²) in [6.45, 7) is 3.61. The minimum Gasteiger partial charge on any atom is -0.369 e. The minimum absolute atomic E-state index is 0.0992. The van der Waals surface area contributed by atoms with Crippen LogP contribution >= 0.6 is 0 Å². The third-order valence-corrected chi connectivity index (χ3v) is 5.63. The lowest BCUT2D eigenvalue weighted by Gasteiger charge is -2.21. The van der Waals surface area contributed by atoms with Gasteiger partial charge in [-0.25, -0.2) is 13.1 Å². The molecule has 6 heteroatoms. The first kappa shape index (κ1) is 13.9. The normalized spacial score (nSPS) is 27.0. The Kier molecular flexibility index (Phi) is 3.48. The van der Waals surface area contributed by atoms with Crippen molar-refractivity contribution < 1.29 is 8.42 Å². The highest BCUT2D eigenvalue weighted by Gasteiger charge is 2.33. The van der Waals surface area contributed by atoms with Crippen LogP contribution in [0.25, 0.3) is 0 Å². The molecule has 1 saturated carbocycles. The molecule has 0 spiro atoms. The number of benzene rings is 1. The van der Waals surface area contributed by atoms with E-state index in [4.69, 9.17) is 5.73 Å². The summed E-state index contributed by atoms with van der Waals surface area (Å²) >= 11 is 0. The molecule has 1 aromatic rings. The van der Waals surface area contributed by atoms with Gasteiger partial charge in [-0.15, -0.1) is 0 Å². The van der Waals surface area contributed by atoms with Crippen molar-refractivity contribution in [2.45, 2.75) is 36.7 Å². The van der Waals surface area contributed by atoms with Crippen LogP contribution in [-0.2, 0) is 10.0 Å². The molecule has 3 rings (SSSR count). The first-order valence-corrected chi connectivity index (χ1v) is 8.57. The molecular formula is C14H21N3O2S. The summed E-state index contributed by atoms with van der Waals surface area (Å²) in [5.41, 5.74) is 6.81. The van der Waals surface area contributed by atoms with Gasteiger partial charge in [0.15, 0.2) is 0 Å². The monoisotopic (exact) mass is 295 g/mol. The lowest BCUT2D eigenvalue weighted by atomic mass is 10.1. The summed E-state index contributed by atoms with van der Waals surface area (Å²) in [6, 6.07) is 7.40. The molecule has 2 atom stereocenters. The Morgan fingerprint density at radius 2 is 1.95 bits per heavy atom. The topological polar surface area (TPSA) is 75.4 Å². The summed E-state index contributed by atoms with van der Waals surface area (Å²) in [6.07, 6.45) is 1.88. The van der Waals surface area contributed by atoms with Gasteiger partial charge in [0.25, 0.3) is 0 Å². The van der Waals surface area contributed by atoms with Crippen LogP contribution in [0.4, 0.5) is 5.69 Å². The molecule has 110 valence electrons. The smallest absolute Gasteiger partial charge is 0.242 e. The van der Waals surface area contributed by atoms with Gasteiger partial charge in [-0.1, -0.05) is 19.1 Å². The molecule has 2 unspecified atom stereocenters. The Morgan fingerprint density at radius 3 is 2.55 bits per heavy atom. The van der Waals surface area contributed by atoms with Crippen molar-refractivity contribution in [3.05, 3.63) is 24.3 Å². The first-order valence-electron chi connectivity index (χ1n) is 7.09. The van der Waals surface area contributed by atoms with E-state index in [0.717, 1.165) is 25.1 Å². The molecule has 0 bridgehead atoms. The predicted octanol–water partition coefficient (Wildman–Crippen LogP) is 0.911. The molecule has 20 heavy (non-hydrogen) atoms. The minimum atomic E-state index is -3.43. The number of nitrogens with one attached hydrogen (secondary N) is 1. The molecule has 2 aliphatic rings. The Labute approximate surface area is 120 Å². The van der Waals surface area contributed by atoms with Crippen LogP contribution in [0, 0.1) is 5.92 Å². The molecule has 0 radical (unpaired) electrons. The van der Waals surface area contributed by atoms with E-state index in [1.54, 1.807) is 12.1 Å². The van der Waals surface area contributed by atoms with Crippen LogP contribution in [-0.4, -0.2) is 33.6 Å². The van der Waals surface area contributed by atoms with Crippen LogP contribution in [0.1, 0.15) is 19.8 Å². The number of hydrogen-bond acceptors (Lipinski definition) is 4. The second-order valence-corrected chi connectivity index (χ2v) is 7.59. The zero-order valence-corrected chi connectivity index (χ0v) is 12.4. The van der Waals surface area contributed by atoms with Crippen molar-refractivity contribution in [1.82, 2.24) is 4.72 Å².